The van der Waals surface area contributed by atoms with Crippen molar-refractivity contribution in [1.82, 2.24) is 0 Å². The highest BCUT2D eigenvalue weighted by molar-refractivity contribution is 6.01. The standard InChI is InChI=1S/C12H13FN2O2/c1-6(2)12(17)15-10-5-9-7(3-8(10)13)4-11(16)14-9/h3,5-6H,4H2,1-2H3,(H,14,16)(H,15,17). The van der Waals surface area contributed by atoms with Crippen molar-refractivity contribution >= 4 is 23.2 Å². The van der Waals surface area contributed by atoms with Gasteiger partial charge >= 0.3 is 0 Å². The van der Waals surface area contributed by atoms with Crippen LogP contribution in [0.5, 0.6) is 0 Å². The number of rotatable bonds is 2. The molecule has 1 heterocycles. The first-order valence-electron chi connectivity index (χ1n) is 5.40. The van der Waals surface area contributed by atoms with Gasteiger partial charge in [-0.25, -0.2) is 4.39 Å². The number of benzene rings is 1. The fraction of sp³-hybridized carbons (Fsp3) is 0.333. The van der Waals surface area contributed by atoms with Crippen LogP contribution in [0, 0.1) is 11.7 Å². The van der Waals surface area contributed by atoms with Crippen LogP contribution in [0.15, 0.2) is 12.1 Å². The molecule has 0 saturated heterocycles. The number of halogens is 1. The summed E-state index contributed by atoms with van der Waals surface area (Å²) in [5, 5.41) is 5.10. The van der Waals surface area contributed by atoms with Gasteiger partial charge in [0.15, 0.2) is 0 Å². The molecule has 4 nitrogen and oxygen atoms in total. The third-order valence-corrected chi connectivity index (χ3v) is 2.60. The number of fused-ring (bicyclic) bond motifs is 1. The molecule has 2 N–H and O–H groups in total. The molecular formula is C12H13FN2O2. The van der Waals surface area contributed by atoms with Crippen molar-refractivity contribution in [1.29, 1.82) is 0 Å². The van der Waals surface area contributed by atoms with E-state index in [2.05, 4.69) is 10.6 Å². The summed E-state index contributed by atoms with van der Waals surface area (Å²) in [7, 11) is 0. The van der Waals surface area contributed by atoms with Gasteiger partial charge in [-0.1, -0.05) is 13.8 Å². The highest BCUT2D eigenvalue weighted by atomic mass is 19.1. The molecule has 1 aliphatic heterocycles. The number of nitrogens with one attached hydrogen (secondary N) is 2. The second kappa shape index (κ2) is 4.16. The maximum absolute atomic E-state index is 13.6. The van der Waals surface area contributed by atoms with Crippen molar-refractivity contribution in [2.24, 2.45) is 5.92 Å². The fourth-order valence-corrected chi connectivity index (χ4v) is 1.62. The van der Waals surface area contributed by atoms with Gasteiger partial charge in [0.1, 0.15) is 5.82 Å². The van der Waals surface area contributed by atoms with E-state index < -0.39 is 5.82 Å². The number of carbonyl (C=O) groups is 2. The minimum absolute atomic E-state index is 0.102. The molecule has 17 heavy (non-hydrogen) atoms. The smallest absolute Gasteiger partial charge is 0.228 e. The Bertz CT molecular complexity index is 498. The van der Waals surface area contributed by atoms with Gasteiger partial charge in [-0.3, -0.25) is 9.59 Å². The first kappa shape index (κ1) is 11.6. The van der Waals surface area contributed by atoms with Gasteiger partial charge in [-0.2, -0.15) is 0 Å². The van der Waals surface area contributed by atoms with Crippen LogP contribution in [0.3, 0.4) is 0 Å². The second-order valence-electron chi connectivity index (χ2n) is 4.36. The summed E-state index contributed by atoms with van der Waals surface area (Å²) < 4.78 is 13.6. The average molecular weight is 236 g/mol. The van der Waals surface area contributed by atoms with Gasteiger partial charge in [-0.05, 0) is 17.7 Å². The zero-order valence-corrected chi connectivity index (χ0v) is 9.63. The van der Waals surface area contributed by atoms with Gasteiger partial charge in [-0.15, -0.1) is 0 Å². The third-order valence-electron chi connectivity index (χ3n) is 2.60. The van der Waals surface area contributed by atoms with Crippen LogP contribution in [0.1, 0.15) is 19.4 Å². The molecule has 2 amide bonds. The predicted molar refractivity (Wildman–Crippen MR) is 62.2 cm³/mol. The van der Waals surface area contributed by atoms with Crippen LogP contribution >= 0.6 is 0 Å². The van der Waals surface area contributed by atoms with E-state index in [9.17, 15) is 14.0 Å². The minimum atomic E-state index is -0.519. The van der Waals surface area contributed by atoms with Crippen molar-refractivity contribution in [3.8, 4) is 0 Å². The Balaban J connectivity index is 2.28. The molecule has 2 rings (SSSR count). The molecule has 0 unspecified atom stereocenters. The normalized spacial score (nSPS) is 13.5. The first-order valence-corrected chi connectivity index (χ1v) is 5.40. The van der Waals surface area contributed by atoms with Crippen LogP contribution in [0.25, 0.3) is 0 Å². The van der Waals surface area contributed by atoms with Crippen molar-refractivity contribution in [2.75, 3.05) is 10.6 Å². The van der Waals surface area contributed by atoms with Crippen molar-refractivity contribution in [3.63, 3.8) is 0 Å². The monoisotopic (exact) mass is 236 g/mol. The second-order valence-corrected chi connectivity index (χ2v) is 4.36. The van der Waals surface area contributed by atoms with Crippen molar-refractivity contribution in [2.45, 2.75) is 20.3 Å². The van der Waals surface area contributed by atoms with Crippen LogP contribution in [0.2, 0.25) is 0 Å². The Kier molecular flexibility index (Phi) is 2.83. The molecule has 1 aromatic carbocycles. The summed E-state index contributed by atoms with van der Waals surface area (Å²) in [4.78, 5) is 22.6. The van der Waals surface area contributed by atoms with E-state index in [0.717, 1.165) is 0 Å². The number of hydrogen-bond donors (Lipinski definition) is 2. The SMILES string of the molecule is CC(C)C(=O)Nc1cc2c(cc1F)CC(=O)N2. The molecule has 0 saturated carbocycles. The fourth-order valence-electron chi connectivity index (χ4n) is 1.62. The zero-order valence-electron chi connectivity index (χ0n) is 9.63. The zero-order chi connectivity index (χ0) is 12.6. The van der Waals surface area contributed by atoms with Gasteiger partial charge in [0, 0.05) is 11.6 Å². The van der Waals surface area contributed by atoms with Gasteiger partial charge < -0.3 is 10.6 Å². The Morgan fingerprint density at radius 1 is 1.47 bits per heavy atom. The number of anilines is 2. The molecule has 0 spiro atoms. The lowest BCUT2D eigenvalue weighted by atomic mass is 10.1. The van der Waals surface area contributed by atoms with Crippen molar-refractivity contribution in [3.05, 3.63) is 23.5 Å². The molecule has 0 fully saturated rings. The Morgan fingerprint density at radius 3 is 2.82 bits per heavy atom. The highest BCUT2D eigenvalue weighted by Crippen LogP contribution is 2.29. The maximum Gasteiger partial charge on any atom is 0.228 e. The topological polar surface area (TPSA) is 58.2 Å². The van der Waals surface area contributed by atoms with Gasteiger partial charge in [0.25, 0.3) is 0 Å². The first-order chi connectivity index (χ1) is 7.97. The lowest BCUT2D eigenvalue weighted by molar-refractivity contribution is -0.119. The molecular weight excluding hydrogens is 223 g/mol. The molecule has 90 valence electrons. The number of amides is 2. The highest BCUT2D eigenvalue weighted by Gasteiger charge is 2.21. The third kappa shape index (κ3) is 2.27. The lowest BCUT2D eigenvalue weighted by Gasteiger charge is -2.10. The van der Waals surface area contributed by atoms with E-state index in [1.54, 1.807) is 13.8 Å². The summed E-state index contributed by atoms with van der Waals surface area (Å²) in [5.41, 5.74) is 1.29. The summed E-state index contributed by atoms with van der Waals surface area (Å²) in [5.74, 6) is -1.16. The Morgan fingerprint density at radius 2 is 2.18 bits per heavy atom. The van der Waals surface area contributed by atoms with E-state index in [4.69, 9.17) is 0 Å². The summed E-state index contributed by atoms with van der Waals surface area (Å²) in [6.45, 7) is 3.45. The predicted octanol–water partition coefficient (Wildman–Crippen LogP) is 1.91. The van der Waals surface area contributed by atoms with Gasteiger partial charge in [0.05, 0.1) is 12.1 Å². The lowest BCUT2D eigenvalue weighted by Crippen LogP contribution is -2.18. The molecule has 0 aromatic heterocycles. The molecule has 0 aliphatic carbocycles. The van der Waals surface area contributed by atoms with E-state index in [-0.39, 0.29) is 29.8 Å². The van der Waals surface area contributed by atoms with E-state index in [1.165, 1.54) is 12.1 Å². The number of hydrogen-bond acceptors (Lipinski definition) is 2. The maximum atomic E-state index is 13.6. The van der Waals surface area contributed by atoms with Crippen LogP contribution in [0.4, 0.5) is 15.8 Å². The van der Waals surface area contributed by atoms with Crippen LogP contribution in [-0.2, 0) is 16.0 Å². The molecule has 0 atom stereocenters. The van der Waals surface area contributed by atoms with Crippen LogP contribution in [-0.4, -0.2) is 11.8 Å². The summed E-state index contributed by atoms with van der Waals surface area (Å²) in [6, 6.07) is 2.74. The Hall–Kier alpha value is -1.91. The number of carbonyl (C=O) groups excluding carboxylic acids is 2. The summed E-state index contributed by atoms with van der Waals surface area (Å²) in [6.07, 6.45) is 0.185. The molecule has 1 aliphatic rings. The average Bonchev–Trinajstić information content (AvgIpc) is 2.57. The van der Waals surface area contributed by atoms with Crippen molar-refractivity contribution < 1.29 is 14.0 Å². The quantitative estimate of drug-likeness (QED) is 0.824. The van der Waals surface area contributed by atoms with Gasteiger partial charge in [0.2, 0.25) is 11.8 Å². The molecule has 5 heteroatoms. The van der Waals surface area contributed by atoms with Crippen LogP contribution < -0.4 is 10.6 Å². The molecule has 1 aromatic rings. The minimum Gasteiger partial charge on any atom is -0.325 e. The van der Waals surface area contributed by atoms with E-state index >= 15 is 0 Å². The van der Waals surface area contributed by atoms with E-state index in [1.807, 2.05) is 0 Å². The Labute approximate surface area is 98.2 Å². The molecule has 0 radical (unpaired) electrons. The largest absolute Gasteiger partial charge is 0.325 e. The summed E-state index contributed by atoms with van der Waals surface area (Å²) >= 11 is 0. The van der Waals surface area contributed by atoms with E-state index in [0.29, 0.717) is 11.3 Å². The molecule has 0 bridgehead atoms.